The molecule has 1 aromatic heterocycles. The van der Waals surface area contributed by atoms with Crippen LogP contribution in [0.2, 0.25) is 5.02 Å². The highest BCUT2D eigenvalue weighted by atomic mass is 35.5. The molecule has 90 valence electrons. The molecule has 0 saturated carbocycles. The molecule has 0 radical (unpaired) electrons. The lowest BCUT2D eigenvalue weighted by molar-refractivity contribution is 0.415. The number of H-pyrrole nitrogens is 1. The van der Waals surface area contributed by atoms with E-state index >= 15 is 0 Å². The van der Waals surface area contributed by atoms with Crippen LogP contribution in [0.4, 0.5) is 0 Å². The molecule has 2 N–H and O–H groups in total. The quantitative estimate of drug-likeness (QED) is 0.817. The smallest absolute Gasteiger partial charge is 0.138 e. The van der Waals surface area contributed by atoms with E-state index in [0.29, 0.717) is 5.02 Å². The van der Waals surface area contributed by atoms with Crippen molar-refractivity contribution in [2.45, 2.75) is 19.4 Å². The fraction of sp³-hybridized carbons (Fsp3) is 0.385. The predicted molar refractivity (Wildman–Crippen MR) is 69.9 cm³/mol. The lowest BCUT2D eigenvalue weighted by Gasteiger charge is -2.04. The molecule has 1 aromatic carbocycles. The lowest BCUT2D eigenvalue weighted by atomic mass is 10.1. The number of fused-ring (bicyclic) bond motifs is 3. The summed E-state index contributed by atoms with van der Waals surface area (Å²) in [4.78, 5) is 3.47. The van der Waals surface area contributed by atoms with Gasteiger partial charge in [-0.05, 0) is 37.1 Å². The van der Waals surface area contributed by atoms with E-state index in [1.165, 1.54) is 23.1 Å². The molecule has 0 atom stereocenters. The molecular formula is C13H15ClN2O. The minimum atomic E-state index is 0.657. The summed E-state index contributed by atoms with van der Waals surface area (Å²) in [5.74, 6) is 0.741. The standard InChI is InChI=1S/C13H15ClN2O/c1-17-13-5-8-9-7-15-4-2-3-11(9)16-12(8)6-10(13)14/h5-6,15-16H,2-4,7H2,1H3. The first-order valence-electron chi connectivity index (χ1n) is 5.87. The summed E-state index contributed by atoms with van der Waals surface area (Å²) in [5, 5.41) is 5.31. The van der Waals surface area contributed by atoms with E-state index in [9.17, 15) is 0 Å². The van der Waals surface area contributed by atoms with E-state index in [1.807, 2.05) is 12.1 Å². The average molecular weight is 251 g/mol. The fourth-order valence-electron chi connectivity index (χ4n) is 2.48. The van der Waals surface area contributed by atoms with Crippen molar-refractivity contribution in [3.05, 3.63) is 28.4 Å². The molecule has 4 heteroatoms. The molecule has 2 aromatic rings. The molecule has 0 saturated heterocycles. The van der Waals surface area contributed by atoms with Crippen molar-refractivity contribution in [1.82, 2.24) is 10.3 Å². The summed E-state index contributed by atoms with van der Waals surface area (Å²) in [5.41, 5.74) is 3.78. The Morgan fingerprint density at radius 2 is 2.24 bits per heavy atom. The van der Waals surface area contributed by atoms with Gasteiger partial charge in [-0.1, -0.05) is 11.6 Å². The van der Waals surface area contributed by atoms with Crippen LogP contribution < -0.4 is 10.1 Å². The monoisotopic (exact) mass is 250 g/mol. The minimum absolute atomic E-state index is 0.657. The SMILES string of the molecule is COc1cc2c3c([nH]c2cc1Cl)CCCNC3. The van der Waals surface area contributed by atoms with E-state index in [2.05, 4.69) is 10.3 Å². The zero-order valence-electron chi connectivity index (χ0n) is 9.77. The minimum Gasteiger partial charge on any atom is -0.495 e. The van der Waals surface area contributed by atoms with Gasteiger partial charge in [-0.15, -0.1) is 0 Å². The van der Waals surface area contributed by atoms with Gasteiger partial charge in [-0.3, -0.25) is 0 Å². The Labute approximate surface area is 105 Å². The molecular weight excluding hydrogens is 236 g/mol. The third-order valence-electron chi connectivity index (χ3n) is 3.35. The molecule has 2 heterocycles. The van der Waals surface area contributed by atoms with Gasteiger partial charge < -0.3 is 15.0 Å². The van der Waals surface area contributed by atoms with Gasteiger partial charge in [0.2, 0.25) is 0 Å². The molecule has 0 unspecified atom stereocenters. The van der Waals surface area contributed by atoms with Gasteiger partial charge in [-0.2, -0.15) is 0 Å². The Morgan fingerprint density at radius 1 is 1.35 bits per heavy atom. The second-order valence-electron chi connectivity index (χ2n) is 4.39. The van der Waals surface area contributed by atoms with Gasteiger partial charge in [0.25, 0.3) is 0 Å². The Hall–Kier alpha value is -1.19. The number of nitrogens with one attached hydrogen (secondary N) is 2. The van der Waals surface area contributed by atoms with Crippen molar-refractivity contribution in [3.63, 3.8) is 0 Å². The van der Waals surface area contributed by atoms with Gasteiger partial charge in [0.15, 0.2) is 0 Å². The van der Waals surface area contributed by atoms with Crippen LogP contribution in [0.5, 0.6) is 5.75 Å². The van der Waals surface area contributed by atoms with E-state index in [4.69, 9.17) is 16.3 Å². The Kier molecular flexibility index (Phi) is 2.73. The van der Waals surface area contributed by atoms with Crippen LogP contribution in [0.1, 0.15) is 17.7 Å². The first-order chi connectivity index (χ1) is 8.29. The zero-order chi connectivity index (χ0) is 11.8. The molecule has 3 rings (SSSR count). The van der Waals surface area contributed by atoms with Gasteiger partial charge >= 0.3 is 0 Å². The van der Waals surface area contributed by atoms with E-state index < -0.39 is 0 Å². The Morgan fingerprint density at radius 3 is 3.06 bits per heavy atom. The average Bonchev–Trinajstić information content (AvgIpc) is 2.50. The van der Waals surface area contributed by atoms with Crippen LogP contribution in [-0.4, -0.2) is 18.6 Å². The number of hydrogen-bond donors (Lipinski definition) is 2. The van der Waals surface area contributed by atoms with Gasteiger partial charge in [0.1, 0.15) is 5.75 Å². The normalized spacial score (nSPS) is 15.6. The van der Waals surface area contributed by atoms with Crippen molar-refractivity contribution >= 4 is 22.5 Å². The fourth-order valence-corrected chi connectivity index (χ4v) is 2.72. The molecule has 3 nitrogen and oxygen atoms in total. The third kappa shape index (κ3) is 1.79. The second kappa shape index (κ2) is 4.24. The van der Waals surface area contributed by atoms with Crippen molar-refractivity contribution < 1.29 is 4.74 Å². The summed E-state index contributed by atoms with van der Waals surface area (Å²) in [6.07, 6.45) is 2.27. The Balaban J connectivity index is 2.22. The van der Waals surface area contributed by atoms with Crippen molar-refractivity contribution in [2.75, 3.05) is 13.7 Å². The van der Waals surface area contributed by atoms with Crippen molar-refractivity contribution in [1.29, 1.82) is 0 Å². The highest BCUT2D eigenvalue weighted by molar-refractivity contribution is 6.32. The number of aromatic amines is 1. The third-order valence-corrected chi connectivity index (χ3v) is 3.64. The number of hydrogen-bond acceptors (Lipinski definition) is 2. The molecule has 0 fully saturated rings. The summed E-state index contributed by atoms with van der Waals surface area (Å²) in [7, 11) is 1.65. The highest BCUT2D eigenvalue weighted by Crippen LogP contribution is 2.33. The lowest BCUT2D eigenvalue weighted by Crippen LogP contribution is -2.11. The Bertz CT molecular complexity index is 562. The van der Waals surface area contributed by atoms with Crippen LogP contribution in [-0.2, 0) is 13.0 Å². The van der Waals surface area contributed by atoms with Crippen LogP contribution >= 0.6 is 11.6 Å². The predicted octanol–water partition coefficient (Wildman–Crippen LogP) is 2.87. The van der Waals surface area contributed by atoms with Gasteiger partial charge in [-0.25, -0.2) is 0 Å². The van der Waals surface area contributed by atoms with Crippen molar-refractivity contribution in [2.24, 2.45) is 0 Å². The largest absolute Gasteiger partial charge is 0.495 e. The maximum atomic E-state index is 6.14. The van der Waals surface area contributed by atoms with E-state index in [1.54, 1.807) is 7.11 Å². The van der Waals surface area contributed by atoms with Crippen LogP contribution in [0, 0.1) is 0 Å². The molecule has 0 aliphatic carbocycles. The van der Waals surface area contributed by atoms with Gasteiger partial charge in [0.05, 0.1) is 12.1 Å². The van der Waals surface area contributed by atoms with E-state index in [0.717, 1.165) is 30.8 Å². The number of benzene rings is 1. The number of methoxy groups -OCH3 is 1. The summed E-state index contributed by atoms with van der Waals surface area (Å²) in [6, 6.07) is 3.98. The van der Waals surface area contributed by atoms with E-state index in [-0.39, 0.29) is 0 Å². The molecule has 1 aliphatic rings. The topological polar surface area (TPSA) is 37.0 Å². The number of halogens is 1. The molecule has 0 bridgehead atoms. The van der Waals surface area contributed by atoms with Gasteiger partial charge in [0, 0.05) is 23.1 Å². The molecule has 17 heavy (non-hydrogen) atoms. The van der Waals surface area contributed by atoms with Crippen LogP contribution in [0.3, 0.4) is 0 Å². The highest BCUT2D eigenvalue weighted by Gasteiger charge is 2.15. The maximum Gasteiger partial charge on any atom is 0.138 e. The first-order valence-corrected chi connectivity index (χ1v) is 6.25. The summed E-state index contributed by atoms with van der Waals surface area (Å²) < 4.78 is 5.28. The summed E-state index contributed by atoms with van der Waals surface area (Å²) >= 11 is 6.14. The molecule has 0 amide bonds. The zero-order valence-corrected chi connectivity index (χ0v) is 10.5. The number of rotatable bonds is 1. The van der Waals surface area contributed by atoms with Crippen molar-refractivity contribution in [3.8, 4) is 5.75 Å². The number of ether oxygens (including phenoxy) is 1. The number of aryl methyl sites for hydroxylation is 1. The number of aromatic nitrogens is 1. The second-order valence-corrected chi connectivity index (χ2v) is 4.80. The van der Waals surface area contributed by atoms with Crippen LogP contribution in [0.15, 0.2) is 12.1 Å². The van der Waals surface area contributed by atoms with Crippen LogP contribution in [0.25, 0.3) is 10.9 Å². The first kappa shape index (κ1) is 10.9. The molecule has 0 spiro atoms. The molecule has 1 aliphatic heterocycles. The summed E-state index contributed by atoms with van der Waals surface area (Å²) in [6.45, 7) is 1.99. The maximum absolute atomic E-state index is 6.14.